The number of rotatable bonds is 5. The number of aromatic nitrogens is 4. The Morgan fingerprint density at radius 2 is 1.96 bits per heavy atom. The standard InChI is InChI=1S/C18H28N6O2S/c1-13-18(14(2)23(5)21-13)17-11-19-16(10-20-17)9-15-7-6-8-24(12-15)27(25,26)22(3)4/h10-11,15H,6-9,12H2,1-5H3/t15-/m1/s1. The van der Waals surface area contributed by atoms with Crippen LogP contribution < -0.4 is 0 Å². The number of nitrogens with zero attached hydrogens (tertiary/aromatic N) is 6. The maximum Gasteiger partial charge on any atom is 0.281 e. The average molecular weight is 393 g/mol. The normalized spacial score (nSPS) is 19.0. The largest absolute Gasteiger partial charge is 0.281 e. The highest BCUT2D eigenvalue weighted by atomic mass is 32.2. The lowest BCUT2D eigenvalue weighted by molar-refractivity contribution is 0.253. The molecule has 0 N–H and O–H groups in total. The van der Waals surface area contributed by atoms with Crippen LogP contribution in [0.4, 0.5) is 0 Å². The van der Waals surface area contributed by atoms with Crippen molar-refractivity contribution >= 4 is 10.2 Å². The lowest BCUT2D eigenvalue weighted by Crippen LogP contribution is -2.45. The fraction of sp³-hybridized carbons (Fsp3) is 0.611. The number of piperidine rings is 1. The van der Waals surface area contributed by atoms with Crippen molar-refractivity contribution in [2.24, 2.45) is 13.0 Å². The highest BCUT2D eigenvalue weighted by Gasteiger charge is 2.30. The molecule has 1 fully saturated rings. The Morgan fingerprint density at radius 1 is 1.22 bits per heavy atom. The van der Waals surface area contributed by atoms with Gasteiger partial charge in [-0.15, -0.1) is 0 Å². The lowest BCUT2D eigenvalue weighted by atomic mass is 9.95. The van der Waals surface area contributed by atoms with E-state index in [1.54, 1.807) is 30.8 Å². The van der Waals surface area contributed by atoms with E-state index < -0.39 is 10.2 Å². The maximum atomic E-state index is 12.4. The molecule has 1 aliphatic rings. The Balaban J connectivity index is 1.71. The van der Waals surface area contributed by atoms with Gasteiger partial charge in [0.25, 0.3) is 10.2 Å². The van der Waals surface area contributed by atoms with Crippen LogP contribution in [0.3, 0.4) is 0 Å². The Bertz CT molecular complexity index is 905. The van der Waals surface area contributed by atoms with E-state index in [9.17, 15) is 8.42 Å². The van der Waals surface area contributed by atoms with E-state index in [-0.39, 0.29) is 5.92 Å². The summed E-state index contributed by atoms with van der Waals surface area (Å²) in [6.07, 6.45) is 6.21. The minimum absolute atomic E-state index is 0.260. The van der Waals surface area contributed by atoms with Gasteiger partial charge in [-0.2, -0.15) is 22.1 Å². The van der Waals surface area contributed by atoms with E-state index in [1.165, 1.54) is 4.31 Å². The Hall–Kier alpha value is -1.84. The highest BCUT2D eigenvalue weighted by Crippen LogP contribution is 2.26. The summed E-state index contributed by atoms with van der Waals surface area (Å²) in [6, 6.07) is 0. The molecule has 0 aromatic carbocycles. The molecule has 0 amide bonds. The molecule has 1 saturated heterocycles. The van der Waals surface area contributed by atoms with E-state index in [1.807, 2.05) is 25.6 Å². The second kappa shape index (κ2) is 7.65. The van der Waals surface area contributed by atoms with Gasteiger partial charge in [0.1, 0.15) is 0 Å². The molecule has 3 rings (SSSR count). The number of hydrogen-bond donors (Lipinski definition) is 0. The summed E-state index contributed by atoms with van der Waals surface area (Å²) in [5, 5.41) is 4.43. The van der Waals surface area contributed by atoms with E-state index in [0.29, 0.717) is 13.1 Å². The maximum absolute atomic E-state index is 12.4. The second-order valence-electron chi connectivity index (χ2n) is 7.42. The first-order valence-electron chi connectivity index (χ1n) is 9.19. The van der Waals surface area contributed by atoms with Crippen LogP contribution >= 0.6 is 0 Å². The van der Waals surface area contributed by atoms with E-state index in [0.717, 1.165) is 47.6 Å². The third-order valence-electron chi connectivity index (χ3n) is 5.24. The summed E-state index contributed by atoms with van der Waals surface area (Å²) in [5.41, 5.74) is 4.74. The van der Waals surface area contributed by atoms with Crippen molar-refractivity contribution in [3.63, 3.8) is 0 Å². The molecular weight excluding hydrogens is 364 g/mol. The molecule has 3 heterocycles. The summed E-state index contributed by atoms with van der Waals surface area (Å²) in [6.45, 7) is 5.11. The van der Waals surface area contributed by atoms with Crippen molar-refractivity contribution in [2.45, 2.75) is 33.1 Å². The summed E-state index contributed by atoms with van der Waals surface area (Å²) in [7, 11) is 1.72. The summed E-state index contributed by atoms with van der Waals surface area (Å²) in [5.74, 6) is 0.260. The van der Waals surface area contributed by atoms with Crippen LogP contribution in [0.5, 0.6) is 0 Å². The van der Waals surface area contributed by atoms with Crippen molar-refractivity contribution < 1.29 is 8.42 Å². The van der Waals surface area contributed by atoms with Gasteiger partial charge in [-0.25, -0.2) is 0 Å². The highest BCUT2D eigenvalue weighted by molar-refractivity contribution is 7.86. The van der Waals surface area contributed by atoms with Crippen molar-refractivity contribution in [3.05, 3.63) is 29.5 Å². The van der Waals surface area contributed by atoms with Crippen molar-refractivity contribution in [1.29, 1.82) is 0 Å². The molecule has 8 nitrogen and oxygen atoms in total. The molecule has 27 heavy (non-hydrogen) atoms. The predicted octanol–water partition coefficient (Wildman–Crippen LogP) is 1.55. The first-order valence-corrected chi connectivity index (χ1v) is 10.6. The van der Waals surface area contributed by atoms with Gasteiger partial charge < -0.3 is 0 Å². The molecule has 1 atom stereocenters. The first kappa shape index (κ1) is 19.9. The minimum atomic E-state index is -3.35. The van der Waals surface area contributed by atoms with E-state index in [4.69, 9.17) is 0 Å². The van der Waals surface area contributed by atoms with Gasteiger partial charge in [-0.05, 0) is 39.0 Å². The van der Waals surface area contributed by atoms with Gasteiger partial charge in [-0.1, -0.05) is 0 Å². The molecule has 2 aromatic rings. The van der Waals surface area contributed by atoms with Gasteiger partial charge in [0.15, 0.2) is 0 Å². The zero-order chi connectivity index (χ0) is 19.8. The minimum Gasteiger partial charge on any atom is -0.272 e. The van der Waals surface area contributed by atoms with Crippen LogP contribution in [0.2, 0.25) is 0 Å². The molecular formula is C18H28N6O2S. The molecule has 148 valence electrons. The fourth-order valence-electron chi connectivity index (χ4n) is 3.66. The number of aryl methyl sites for hydroxylation is 2. The summed E-state index contributed by atoms with van der Waals surface area (Å²) in [4.78, 5) is 9.17. The number of hydrogen-bond acceptors (Lipinski definition) is 5. The van der Waals surface area contributed by atoms with Crippen LogP contribution in [-0.4, -0.2) is 64.0 Å². The van der Waals surface area contributed by atoms with Gasteiger partial charge in [-0.3, -0.25) is 14.6 Å². The third kappa shape index (κ3) is 4.04. The smallest absolute Gasteiger partial charge is 0.272 e. The molecule has 0 saturated carbocycles. The quantitative estimate of drug-likeness (QED) is 0.771. The average Bonchev–Trinajstić information content (AvgIpc) is 2.88. The van der Waals surface area contributed by atoms with Gasteiger partial charge in [0.05, 0.1) is 23.3 Å². The molecule has 1 aliphatic heterocycles. The van der Waals surface area contributed by atoms with Crippen LogP contribution in [0, 0.1) is 19.8 Å². The zero-order valence-corrected chi connectivity index (χ0v) is 17.5. The Labute approximate surface area is 161 Å². The molecule has 0 unspecified atom stereocenters. The topological polar surface area (TPSA) is 84.2 Å². The molecule has 0 radical (unpaired) electrons. The van der Waals surface area contributed by atoms with Crippen LogP contribution in [0.1, 0.15) is 29.9 Å². The van der Waals surface area contributed by atoms with Crippen LogP contribution in [-0.2, 0) is 23.7 Å². The second-order valence-corrected chi connectivity index (χ2v) is 9.57. The van der Waals surface area contributed by atoms with Crippen molar-refractivity contribution in [2.75, 3.05) is 27.2 Å². The Kier molecular flexibility index (Phi) is 5.64. The monoisotopic (exact) mass is 392 g/mol. The first-order chi connectivity index (χ1) is 12.7. The van der Waals surface area contributed by atoms with Crippen molar-refractivity contribution in [1.82, 2.24) is 28.4 Å². The van der Waals surface area contributed by atoms with Crippen molar-refractivity contribution in [3.8, 4) is 11.3 Å². The molecule has 2 aromatic heterocycles. The van der Waals surface area contributed by atoms with Gasteiger partial charge in [0.2, 0.25) is 0 Å². The summed E-state index contributed by atoms with van der Waals surface area (Å²) >= 11 is 0. The SMILES string of the molecule is Cc1nn(C)c(C)c1-c1cnc(C[C@H]2CCCN(S(=O)(=O)N(C)C)C2)cn1. The van der Waals surface area contributed by atoms with E-state index >= 15 is 0 Å². The molecule has 0 bridgehead atoms. The van der Waals surface area contributed by atoms with Crippen LogP contribution in [0.15, 0.2) is 12.4 Å². The predicted molar refractivity (Wildman–Crippen MR) is 104 cm³/mol. The molecule has 0 spiro atoms. The van der Waals surface area contributed by atoms with E-state index in [2.05, 4.69) is 15.1 Å². The fourth-order valence-corrected chi connectivity index (χ4v) is 4.88. The van der Waals surface area contributed by atoms with Gasteiger partial charge in [0, 0.05) is 51.7 Å². The zero-order valence-electron chi connectivity index (χ0n) is 16.7. The summed E-state index contributed by atoms with van der Waals surface area (Å²) < 4.78 is 29.4. The Morgan fingerprint density at radius 3 is 2.52 bits per heavy atom. The molecule has 0 aliphatic carbocycles. The van der Waals surface area contributed by atoms with Crippen LogP contribution in [0.25, 0.3) is 11.3 Å². The third-order valence-corrected chi connectivity index (χ3v) is 7.14. The van der Waals surface area contributed by atoms with Gasteiger partial charge >= 0.3 is 0 Å². The lowest BCUT2D eigenvalue weighted by Gasteiger charge is -2.33. The molecule has 9 heteroatoms.